The summed E-state index contributed by atoms with van der Waals surface area (Å²) < 4.78 is 15.3. The van der Waals surface area contributed by atoms with E-state index < -0.39 is 0 Å². The van der Waals surface area contributed by atoms with Crippen molar-refractivity contribution in [2.45, 2.75) is 46.7 Å². The van der Waals surface area contributed by atoms with E-state index in [4.69, 9.17) is 0 Å². The second kappa shape index (κ2) is 9.20. The summed E-state index contributed by atoms with van der Waals surface area (Å²) in [5.41, 5.74) is 4.45. The number of aromatic nitrogens is 2. The molecular formula is C19H28FN5. The predicted octanol–water partition coefficient (Wildman–Crippen LogP) is 2.94. The number of nitrogens with one attached hydrogen (secondary N) is 2. The Morgan fingerprint density at radius 3 is 2.64 bits per heavy atom. The van der Waals surface area contributed by atoms with Gasteiger partial charge in [-0.05, 0) is 37.5 Å². The van der Waals surface area contributed by atoms with Gasteiger partial charge in [0.2, 0.25) is 0 Å². The van der Waals surface area contributed by atoms with E-state index in [-0.39, 0.29) is 5.82 Å². The van der Waals surface area contributed by atoms with Crippen LogP contribution in [0.15, 0.2) is 29.3 Å². The van der Waals surface area contributed by atoms with Gasteiger partial charge < -0.3 is 10.6 Å². The summed E-state index contributed by atoms with van der Waals surface area (Å²) in [6.07, 6.45) is 1.85. The molecule has 0 spiro atoms. The molecule has 136 valence electrons. The summed E-state index contributed by atoms with van der Waals surface area (Å²) in [4.78, 5) is 4.56. The van der Waals surface area contributed by atoms with Gasteiger partial charge in [-0.1, -0.05) is 26.0 Å². The summed E-state index contributed by atoms with van der Waals surface area (Å²) in [5.74, 6) is 0.487. The Balaban J connectivity index is 2.10. The first-order valence-corrected chi connectivity index (χ1v) is 8.89. The van der Waals surface area contributed by atoms with E-state index in [0.29, 0.717) is 13.1 Å². The molecule has 0 bridgehead atoms. The van der Waals surface area contributed by atoms with E-state index in [1.807, 2.05) is 24.7 Å². The summed E-state index contributed by atoms with van der Waals surface area (Å²) in [6, 6.07) is 6.54. The topological polar surface area (TPSA) is 54.2 Å². The number of hydrogen-bond donors (Lipinski definition) is 2. The molecule has 0 aliphatic rings. The number of aryl methyl sites for hydroxylation is 2. The summed E-state index contributed by atoms with van der Waals surface area (Å²) in [6.45, 7) is 8.16. The van der Waals surface area contributed by atoms with Crippen LogP contribution < -0.4 is 10.6 Å². The molecule has 2 N–H and O–H groups in total. The number of aliphatic imine (C=N–C) groups is 1. The lowest BCUT2D eigenvalue weighted by Gasteiger charge is -2.12. The number of guanidine groups is 1. The Morgan fingerprint density at radius 1 is 1.20 bits per heavy atom. The van der Waals surface area contributed by atoms with Crippen molar-refractivity contribution in [3.63, 3.8) is 0 Å². The van der Waals surface area contributed by atoms with Crippen LogP contribution in [0.1, 0.15) is 43.3 Å². The highest BCUT2D eigenvalue weighted by atomic mass is 19.1. The lowest BCUT2D eigenvalue weighted by atomic mass is 10.1. The molecule has 0 aliphatic carbocycles. The average Bonchev–Trinajstić information content (AvgIpc) is 2.92. The van der Waals surface area contributed by atoms with Crippen LogP contribution >= 0.6 is 0 Å². The Morgan fingerprint density at radius 2 is 2.00 bits per heavy atom. The molecule has 0 saturated heterocycles. The van der Waals surface area contributed by atoms with Crippen molar-refractivity contribution < 1.29 is 4.39 Å². The maximum absolute atomic E-state index is 13.3. The fraction of sp³-hybridized carbons (Fsp3) is 0.474. The quantitative estimate of drug-likeness (QED) is 0.599. The van der Waals surface area contributed by atoms with E-state index in [0.717, 1.165) is 36.6 Å². The van der Waals surface area contributed by atoms with Crippen molar-refractivity contribution in [1.29, 1.82) is 0 Å². The highest BCUT2D eigenvalue weighted by Gasteiger charge is 2.13. The first-order chi connectivity index (χ1) is 12.1. The molecule has 0 atom stereocenters. The van der Waals surface area contributed by atoms with E-state index >= 15 is 0 Å². The van der Waals surface area contributed by atoms with E-state index in [1.54, 1.807) is 6.07 Å². The normalized spacial score (nSPS) is 11.6. The number of nitrogens with zero attached hydrogens (tertiary/aromatic N) is 3. The smallest absolute Gasteiger partial charge is 0.191 e. The van der Waals surface area contributed by atoms with Gasteiger partial charge in [-0.25, -0.2) is 9.38 Å². The van der Waals surface area contributed by atoms with Gasteiger partial charge in [0.25, 0.3) is 0 Å². The van der Waals surface area contributed by atoms with Gasteiger partial charge in [0.1, 0.15) is 5.82 Å². The van der Waals surface area contributed by atoms with Crippen molar-refractivity contribution >= 4 is 5.96 Å². The fourth-order valence-electron chi connectivity index (χ4n) is 2.91. The summed E-state index contributed by atoms with van der Waals surface area (Å²) in [7, 11) is 1.99. The zero-order valence-electron chi connectivity index (χ0n) is 15.6. The van der Waals surface area contributed by atoms with Crippen molar-refractivity contribution in [2.75, 3.05) is 6.54 Å². The predicted molar refractivity (Wildman–Crippen MR) is 100 cm³/mol. The van der Waals surface area contributed by atoms with Crippen LogP contribution in [0.25, 0.3) is 0 Å². The molecule has 0 fully saturated rings. The van der Waals surface area contributed by atoms with Crippen molar-refractivity contribution in [1.82, 2.24) is 20.4 Å². The van der Waals surface area contributed by atoms with Crippen molar-refractivity contribution in [2.24, 2.45) is 12.0 Å². The minimum atomic E-state index is -0.235. The van der Waals surface area contributed by atoms with Crippen LogP contribution in [0.4, 0.5) is 4.39 Å². The van der Waals surface area contributed by atoms with Gasteiger partial charge >= 0.3 is 0 Å². The lowest BCUT2D eigenvalue weighted by molar-refractivity contribution is 0.625. The van der Waals surface area contributed by atoms with Crippen molar-refractivity contribution in [3.8, 4) is 0 Å². The fourth-order valence-corrected chi connectivity index (χ4v) is 2.91. The monoisotopic (exact) mass is 345 g/mol. The SMILES string of the molecule is CCNC(=NCc1cccc(F)c1)NCc1c(CC)nn(C)c1CC. The third-order valence-corrected chi connectivity index (χ3v) is 4.11. The van der Waals surface area contributed by atoms with Crippen LogP contribution in [-0.4, -0.2) is 22.3 Å². The standard InChI is InChI=1S/C19H28FN5/c1-5-17-16(18(6-2)25(4)24-17)13-23-19(21-7-3)22-12-14-9-8-10-15(20)11-14/h8-11H,5-7,12-13H2,1-4H3,(H2,21,22,23). The third-order valence-electron chi connectivity index (χ3n) is 4.11. The molecule has 2 rings (SSSR count). The molecule has 0 amide bonds. The minimum absolute atomic E-state index is 0.235. The third kappa shape index (κ3) is 5.05. The second-order valence-corrected chi connectivity index (χ2v) is 5.88. The highest BCUT2D eigenvalue weighted by Crippen LogP contribution is 2.15. The molecule has 5 nitrogen and oxygen atoms in total. The molecule has 6 heteroatoms. The zero-order chi connectivity index (χ0) is 18.2. The first kappa shape index (κ1) is 19.0. The van der Waals surface area contributed by atoms with E-state index in [1.165, 1.54) is 23.4 Å². The van der Waals surface area contributed by atoms with Gasteiger partial charge in [0, 0.05) is 31.4 Å². The zero-order valence-corrected chi connectivity index (χ0v) is 15.6. The Hall–Kier alpha value is -2.37. The van der Waals surface area contributed by atoms with Crippen LogP contribution in [0, 0.1) is 5.82 Å². The van der Waals surface area contributed by atoms with E-state index in [9.17, 15) is 4.39 Å². The molecule has 2 aromatic rings. The lowest BCUT2D eigenvalue weighted by Crippen LogP contribution is -2.37. The Kier molecular flexibility index (Phi) is 6.98. The van der Waals surface area contributed by atoms with Gasteiger partial charge in [0.15, 0.2) is 5.96 Å². The molecule has 1 aromatic carbocycles. The first-order valence-electron chi connectivity index (χ1n) is 8.89. The summed E-state index contributed by atoms with van der Waals surface area (Å²) in [5, 5.41) is 11.2. The molecule has 0 radical (unpaired) electrons. The van der Waals surface area contributed by atoms with Crippen molar-refractivity contribution in [3.05, 3.63) is 52.6 Å². The van der Waals surface area contributed by atoms with E-state index in [2.05, 4.69) is 34.6 Å². The molecule has 0 aliphatic heterocycles. The Bertz CT molecular complexity index is 721. The number of benzene rings is 1. The second-order valence-electron chi connectivity index (χ2n) is 5.88. The van der Waals surface area contributed by atoms with Crippen LogP contribution in [0.5, 0.6) is 0 Å². The molecule has 25 heavy (non-hydrogen) atoms. The van der Waals surface area contributed by atoms with Gasteiger partial charge in [-0.2, -0.15) is 5.10 Å². The molecular weight excluding hydrogens is 317 g/mol. The number of rotatable bonds is 7. The van der Waals surface area contributed by atoms with Gasteiger partial charge in [-0.3, -0.25) is 4.68 Å². The molecule has 1 aromatic heterocycles. The van der Waals surface area contributed by atoms with Crippen LogP contribution in [0.3, 0.4) is 0 Å². The number of halogens is 1. The van der Waals surface area contributed by atoms with Crippen LogP contribution in [0.2, 0.25) is 0 Å². The molecule has 1 heterocycles. The number of hydrogen-bond acceptors (Lipinski definition) is 2. The Labute approximate surface area is 149 Å². The van der Waals surface area contributed by atoms with Gasteiger partial charge in [0.05, 0.1) is 12.2 Å². The molecule has 0 saturated carbocycles. The largest absolute Gasteiger partial charge is 0.357 e. The minimum Gasteiger partial charge on any atom is -0.357 e. The molecule has 0 unspecified atom stereocenters. The van der Waals surface area contributed by atoms with Gasteiger partial charge in [-0.15, -0.1) is 0 Å². The maximum atomic E-state index is 13.3. The maximum Gasteiger partial charge on any atom is 0.191 e. The van der Waals surface area contributed by atoms with Crippen LogP contribution in [-0.2, 0) is 33.0 Å². The average molecular weight is 345 g/mol. The summed E-state index contributed by atoms with van der Waals surface area (Å²) >= 11 is 0. The highest BCUT2D eigenvalue weighted by molar-refractivity contribution is 5.79.